The molecule has 104 valence electrons. The molecule has 0 saturated carbocycles. The fraction of sp³-hybridized carbons (Fsp3) is 0.200. The largest absolute Gasteiger partial charge is 0.381 e. The van der Waals surface area contributed by atoms with Crippen LogP contribution in [0.25, 0.3) is 0 Å². The predicted octanol–water partition coefficient (Wildman–Crippen LogP) is 4.48. The monoisotopic (exact) mass is 290 g/mol. The molecule has 2 rings (SSSR count). The van der Waals surface area contributed by atoms with Crippen molar-refractivity contribution in [3.8, 4) is 0 Å². The molecule has 2 aromatic rings. The van der Waals surface area contributed by atoms with Crippen LogP contribution in [0.2, 0.25) is 5.02 Å². The maximum absolute atomic E-state index is 10.9. The SMILES string of the molecule is Cc1cc(Cl)ccc1NCc1ccc(C)c([N+](=O)[O-])c1. The first-order chi connectivity index (χ1) is 9.47. The summed E-state index contributed by atoms with van der Waals surface area (Å²) in [6.07, 6.45) is 0. The fourth-order valence-electron chi connectivity index (χ4n) is 1.98. The van der Waals surface area contributed by atoms with E-state index in [1.807, 2.05) is 31.2 Å². The number of hydrogen-bond acceptors (Lipinski definition) is 3. The molecule has 2 aromatic carbocycles. The molecule has 0 unspecified atom stereocenters. The van der Waals surface area contributed by atoms with Crippen molar-refractivity contribution in [3.05, 3.63) is 68.2 Å². The average Bonchev–Trinajstić information content (AvgIpc) is 2.39. The number of rotatable bonds is 4. The van der Waals surface area contributed by atoms with Crippen LogP contribution in [0.4, 0.5) is 11.4 Å². The van der Waals surface area contributed by atoms with Crippen molar-refractivity contribution in [2.75, 3.05) is 5.32 Å². The standard InChI is InChI=1S/C15H15ClN2O2/c1-10-3-4-12(8-15(10)18(19)20)9-17-14-6-5-13(16)7-11(14)2/h3-8,17H,9H2,1-2H3. The quantitative estimate of drug-likeness (QED) is 0.667. The van der Waals surface area contributed by atoms with Gasteiger partial charge in [0, 0.05) is 28.9 Å². The second-order valence-corrected chi connectivity index (χ2v) is 5.13. The Hall–Kier alpha value is -2.07. The zero-order chi connectivity index (χ0) is 14.7. The molecule has 0 spiro atoms. The second-order valence-electron chi connectivity index (χ2n) is 4.69. The van der Waals surface area contributed by atoms with E-state index in [0.717, 1.165) is 16.8 Å². The molecule has 20 heavy (non-hydrogen) atoms. The Morgan fingerprint density at radius 1 is 1.15 bits per heavy atom. The van der Waals surface area contributed by atoms with E-state index in [2.05, 4.69) is 5.32 Å². The summed E-state index contributed by atoms with van der Waals surface area (Å²) < 4.78 is 0. The first kappa shape index (κ1) is 14.3. The normalized spacial score (nSPS) is 10.3. The van der Waals surface area contributed by atoms with Crippen LogP contribution in [0.15, 0.2) is 36.4 Å². The lowest BCUT2D eigenvalue weighted by molar-refractivity contribution is -0.385. The molecule has 0 heterocycles. The van der Waals surface area contributed by atoms with Crippen LogP contribution >= 0.6 is 11.6 Å². The molecule has 1 N–H and O–H groups in total. The summed E-state index contributed by atoms with van der Waals surface area (Å²) in [6, 6.07) is 10.9. The summed E-state index contributed by atoms with van der Waals surface area (Å²) in [6.45, 7) is 4.23. The van der Waals surface area contributed by atoms with Crippen molar-refractivity contribution in [1.82, 2.24) is 0 Å². The Balaban J connectivity index is 2.15. The number of aryl methyl sites for hydroxylation is 2. The maximum atomic E-state index is 10.9. The molecular formula is C15H15ClN2O2. The molecule has 0 radical (unpaired) electrons. The van der Waals surface area contributed by atoms with E-state index >= 15 is 0 Å². The van der Waals surface area contributed by atoms with E-state index < -0.39 is 0 Å². The summed E-state index contributed by atoms with van der Waals surface area (Å²) in [5.74, 6) is 0. The molecule has 0 atom stereocenters. The topological polar surface area (TPSA) is 55.2 Å². The predicted molar refractivity (Wildman–Crippen MR) is 81.3 cm³/mol. The van der Waals surface area contributed by atoms with E-state index in [1.54, 1.807) is 19.1 Å². The zero-order valence-corrected chi connectivity index (χ0v) is 12.1. The molecule has 0 aromatic heterocycles. The van der Waals surface area contributed by atoms with Crippen molar-refractivity contribution < 1.29 is 4.92 Å². The molecule has 0 aliphatic carbocycles. The van der Waals surface area contributed by atoms with Gasteiger partial charge in [-0.15, -0.1) is 0 Å². The lowest BCUT2D eigenvalue weighted by Crippen LogP contribution is -2.02. The summed E-state index contributed by atoms with van der Waals surface area (Å²) >= 11 is 5.90. The van der Waals surface area contributed by atoms with Gasteiger partial charge in [0.25, 0.3) is 5.69 Å². The number of hydrogen-bond donors (Lipinski definition) is 1. The number of nitrogens with one attached hydrogen (secondary N) is 1. The van der Waals surface area contributed by atoms with Gasteiger partial charge in [-0.3, -0.25) is 10.1 Å². The van der Waals surface area contributed by atoms with Gasteiger partial charge in [-0.2, -0.15) is 0 Å². The van der Waals surface area contributed by atoms with Crippen LogP contribution in [0.5, 0.6) is 0 Å². The Morgan fingerprint density at radius 3 is 2.55 bits per heavy atom. The van der Waals surface area contributed by atoms with Gasteiger partial charge in [-0.1, -0.05) is 23.7 Å². The van der Waals surface area contributed by atoms with Crippen LogP contribution in [-0.4, -0.2) is 4.92 Å². The maximum Gasteiger partial charge on any atom is 0.272 e. The van der Waals surface area contributed by atoms with Gasteiger partial charge < -0.3 is 5.32 Å². The molecule has 0 aliphatic rings. The Kier molecular flexibility index (Phi) is 4.25. The van der Waals surface area contributed by atoms with Crippen LogP contribution in [0.1, 0.15) is 16.7 Å². The highest BCUT2D eigenvalue weighted by molar-refractivity contribution is 6.30. The average molecular weight is 291 g/mol. The van der Waals surface area contributed by atoms with Crippen LogP contribution in [0.3, 0.4) is 0 Å². The lowest BCUT2D eigenvalue weighted by atomic mass is 10.1. The molecule has 0 amide bonds. The first-order valence-corrected chi connectivity index (χ1v) is 6.59. The number of benzene rings is 2. The number of nitrogens with zero attached hydrogens (tertiary/aromatic N) is 1. The minimum atomic E-state index is -0.355. The van der Waals surface area contributed by atoms with Gasteiger partial charge in [0.15, 0.2) is 0 Å². The minimum absolute atomic E-state index is 0.150. The van der Waals surface area contributed by atoms with E-state index in [0.29, 0.717) is 17.1 Å². The van der Waals surface area contributed by atoms with Crippen LogP contribution in [-0.2, 0) is 6.54 Å². The van der Waals surface area contributed by atoms with E-state index in [-0.39, 0.29) is 10.6 Å². The third-order valence-electron chi connectivity index (χ3n) is 3.14. The number of nitro benzene ring substituents is 1. The number of anilines is 1. The van der Waals surface area contributed by atoms with Gasteiger partial charge in [-0.05, 0) is 43.2 Å². The summed E-state index contributed by atoms with van der Waals surface area (Å²) in [5, 5.41) is 14.9. The highest BCUT2D eigenvalue weighted by Crippen LogP contribution is 2.22. The summed E-state index contributed by atoms with van der Waals surface area (Å²) in [4.78, 5) is 10.6. The summed E-state index contributed by atoms with van der Waals surface area (Å²) in [7, 11) is 0. The Labute approximate surface area is 122 Å². The zero-order valence-electron chi connectivity index (χ0n) is 11.3. The summed E-state index contributed by atoms with van der Waals surface area (Å²) in [5.41, 5.74) is 3.70. The molecular weight excluding hydrogens is 276 g/mol. The van der Waals surface area contributed by atoms with Gasteiger partial charge in [-0.25, -0.2) is 0 Å². The van der Waals surface area contributed by atoms with E-state index in [9.17, 15) is 10.1 Å². The van der Waals surface area contributed by atoms with Gasteiger partial charge in [0.2, 0.25) is 0 Å². The minimum Gasteiger partial charge on any atom is -0.381 e. The van der Waals surface area contributed by atoms with E-state index in [1.165, 1.54) is 0 Å². The Morgan fingerprint density at radius 2 is 1.90 bits per heavy atom. The first-order valence-electron chi connectivity index (χ1n) is 6.21. The highest BCUT2D eigenvalue weighted by atomic mass is 35.5. The third kappa shape index (κ3) is 3.27. The smallest absolute Gasteiger partial charge is 0.272 e. The third-order valence-corrected chi connectivity index (χ3v) is 3.38. The van der Waals surface area contributed by atoms with Crippen LogP contribution < -0.4 is 5.32 Å². The highest BCUT2D eigenvalue weighted by Gasteiger charge is 2.10. The lowest BCUT2D eigenvalue weighted by Gasteiger charge is -2.10. The van der Waals surface area contributed by atoms with Crippen molar-refractivity contribution in [1.29, 1.82) is 0 Å². The van der Waals surface area contributed by atoms with Gasteiger partial charge in [0.05, 0.1) is 4.92 Å². The fourth-order valence-corrected chi connectivity index (χ4v) is 2.21. The number of nitro groups is 1. The van der Waals surface area contributed by atoms with Crippen molar-refractivity contribution >= 4 is 23.0 Å². The second kappa shape index (κ2) is 5.92. The molecule has 0 aliphatic heterocycles. The molecule has 5 heteroatoms. The molecule has 4 nitrogen and oxygen atoms in total. The van der Waals surface area contributed by atoms with Gasteiger partial charge >= 0.3 is 0 Å². The molecule has 0 saturated heterocycles. The van der Waals surface area contributed by atoms with E-state index in [4.69, 9.17) is 11.6 Å². The molecule has 0 bridgehead atoms. The van der Waals surface area contributed by atoms with Crippen LogP contribution in [0, 0.1) is 24.0 Å². The van der Waals surface area contributed by atoms with Gasteiger partial charge in [0.1, 0.15) is 0 Å². The molecule has 0 fully saturated rings. The van der Waals surface area contributed by atoms with Crippen molar-refractivity contribution in [3.63, 3.8) is 0 Å². The number of halogens is 1. The van der Waals surface area contributed by atoms with Crippen molar-refractivity contribution in [2.24, 2.45) is 0 Å². The van der Waals surface area contributed by atoms with Crippen molar-refractivity contribution in [2.45, 2.75) is 20.4 Å². The Bertz CT molecular complexity index is 656.